The van der Waals surface area contributed by atoms with Crippen molar-refractivity contribution in [2.75, 3.05) is 5.88 Å². The van der Waals surface area contributed by atoms with Crippen molar-refractivity contribution in [1.29, 1.82) is 0 Å². The van der Waals surface area contributed by atoms with E-state index in [1.54, 1.807) is 0 Å². The zero-order valence-electron chi connectivity index (χ0n) is 12.4. The molecule has 0 aliphatic carbocycles. The fraction of sp³-hybridized carbons (Fsp3) is 0.278. The lowest BCUT2D eigenvalue weighted by Gasteiger charge is -2.10. The molecule has 108 valence electrons. The molecule has 2 aromatic carbocycles. The van der Waals surface area contributed by atoms with Crippen LogP contribution in [0.3, 0.4) is 0 Å². The molecule has 0 bridgehead atoms. The Morgan fingerprint density at radius 1 is 1.14 bits per heavy atom. The molecule has 3 heteroatoms. The van der Waals surface area contributed by atoms with Gasteiger partial charge in [0.1, 0.15) is 5.82 Å². The summed E-state index contributed by atoms with van der Waals surface area (Å²) in [5.74, 6) is 1.61. The maximum absolute atomic E-state index is 5.97. The van der Waals surface area contributed by atoms with Crippen LogP contribution >= 0.6 is 11.6 Å². The second kappa shape index (κ2) is 5.90. The zero-order valence-corrected chi connectivity index (χ0v) is 13.2. The molecular weight excluding hydrogens is 280 g/mol. The van der Waals surface area contributed by atoms with Gasteiger partial charge in [0, 0.05) is 18.0 Å². The molecule has 0 spiro atoms. The van der Waals surface area contributed by atoms with Gasteiger partial charge in [-0.3, -0.25) is 4.57 Å². The SMILES string of the molecule is CCc1cccc(-n2c(CCCl)nc3c(C)cccc32)c1. The van der Waals surface area contributed by atoms with Gasteiger partial charge < -0.3 is 0 Å². The second-order valence-electron chi connectivity index (χ2n) is 5.27. The lowest BCUT2D eigenvalue weighted by Crippen LogP contribution is -2.02. The van der Waals surface area contributed by atoms with Gasteiger partial charge in [0.15, 0.2) is 0 Å². The van der Waals surface area contributed by atoms with Crippen LogP contribution in [-0.2, 0) is 12.8 Å². The Labute approximate surface area is 130 Å². The van der Waals surface area contributed by atoms with E-state index >= 15 is 0 Å². The largest absolute Gasteiger partial charge is 0.296 e. The summed E-state index contributed by atoms with van der Waals surface area (Å²) in [6.07, 6.45) is 1.80. The molecule has 0 N–H and O–H groups in total. The number of alkyl halides is 1. The molecule has 0 amide bonds. The van der Waals surface area contributed by atoms with E-state index in [2.05, 4.69) is 60.9 Å². The summed E-state index contributed by atoms with van der Waals surface area (Å²) in [4.78, 5) is 4.81. The smallest absolute Gasteiger partial charge is 0.115 e. The van der Waals surface area contributed by atoms with Gasteiger partial charge in [-0.15, -0.1) is 11.6 Å². The van der Waals surface area contributed by atoms with Crippen LogP contribution in [0.5, 0.6) is 0 Å². The Morgan fingerprint density at radius 2 is 1.95 bits per heavy atom. The van der Waals surface area contributed by atoms with Crippen molar-refractivity contribution in [2.45, 2.75) is 26.7 Å². The maximum atomic E-state index is 5.97. The highest BCUT2D eigenvalue weighted by Gasteiger charge is 2.13. The van der Waals surface area contributed by atoms with Crippen LogP contribution in [0, 0.1) is 6.92 Å². The molecule has 0 saturated carbocycles. The Morgan fingerprint density at radius 3 is 2.71 bits per heavy atom. The van der Waals surface area contributed by atoms with Crippen LogP contribution in [0.2, 0.25) is 0 Å². The summed E-state index contributed by atoms with van der Waals surface area (Å²) in [6, 6.07) is 15.0. The number of halogens is 1. The van der Waals surface area contributed by atoms with E-state index < -0.39 is 0 Å². The van der Waals surface area contributed by atoms with E-state index in [1.165, 1.54) is 16.8 Å². The van der Waals surface area contributed by atoms with Gasteiger partial charge in [0.2, 0.25) is 0 Å². The maximum Gasteiger partial charge on any atom is 0.115 e. The van der Waals surface area contributed by atoms with Crippen LogP contribution in [0.4, 0.5) is 0 Å². The molecule has 3 rings (SSSR count). The number of rotatable bonds is 4. The third-order valence-corrected chi connectivity index (χ3v) is 4.04. The lowest BCUT2D eigenvalue weighted by molar-refractivity contribution is 0.909. The van der Waals surface area contributed by atoms with Crippen molar-refractivity contribution in [3.63, 3.8) is 0 Å². The minimum Gasteiger partial charge on any atom is -0.296 e. The Bertz CT molecular complexity index is 774. The minimum absolute atomic E-state index is 0.579. The molecule has 0 atom stereocenters. The molecule has 0 aliphatic rings. The number of para-hydroxylation sites is 1. The van der Waals surface area contributed by atoms with Crippen LogP contribution < -0.4 is 0 Å². The number of imidazole rings is 1. The number of aryl methyl sites for hydroxylation is 3. The van der Waals surface area contributed by atoms with Gasteiger partial charge >= 0.3 is 0 Å². The number of fused-ring (bicyclic) bond motifs is 1. The van der Waals surface area contributed by atoms with E-state index in [0.29, 0.717) is 5.88 Å². The molecule has 0 aliphatic heterocycles. The van der Waals surface area contributed by atoms with Crippen molar-refractivity contribution in [3.8, 4) is 5.69 Å². The first-order valence-electron chi connectivity index (χ1n) is 7.36. The van der Waals surface area contributed by atoms with E-state index in [1.807, 2.05) is 0 Å². The van der Waals surface area contributed by atoms with E-state index in [9.17, 15) is 0 Å². The monoisotopic (exact) mass is 298 g/mol. The fourth-order valence-electron chi connectivity index (χ4n) is 2.74. The molecule has 0 fully saturated rings. The summed E-state index contributed by atoms with van der Waals surface area (Å²) in [5, 5.41) is 0. The summed E-state index contributed by atoms with van der Waals surface area (Å²) < 4.78 is 2.24. The van der Waals surface area contributed by atoms with Gasteiger partial charge in [-0.05, 0) is 42.7 Å². The van der Waals surface area contributed by atoms with Gasteiger partial charge in [-0.2, -0.15) is 0 Å². The minimum atomic E-state index is 0.579. The van der Waals surface area contributed by atoms with Crippen LogP contribution in [0.25, 0.3) is 16.7 Å². The summed E-state index contributed by atoms with van der Waals surface area (Å²) in [7, 11) is 0. The van der Waals surface area contributed by atoms with Crippen molar-refractivity contribution in [1.82, 2.24) is 9.55 Å². The average Bonchev–Trinajstić information content (AvgIpc) is 2.87. The fourth-order valence-corrected chi connectivity index (χ4v) is 2.91. The third-order valence-electron chi connectivity index (χ3n) is 3.85. The standard InChI is InChI=1S/C18H19ClN2/c1-3-14-7-5-8-15(12-14)21-16-9-4-6-13(2)18(16)20-17(21)10-11-19/h4-9,12H,3,10-11H2,1-2H3. The molecular formula is C18H19ClN2. The van der Waals surface area contributed by atoms with E-state index in [0.717, 1.165) is 29.7 Å². The number of aromatic nitrogens is 2. The zero-order chi connectivity index (χ0) is 14.8. The number of benzene rings is 2. The summed E-state index contributed by atoms with van der Waals surface area (Å²) >= 11 is 5.97. The first kappa shape index (κ1) is 14.2. The lowest BCUT2D eigenvalue weighted by atomic mass is 10.1. The first-order valence-corrected chi connectivity index (χ1v) is 7.90. The molecule has 0 saturated heterocycles. The van der Waals surface area contributed by atoms with Crippen molar-refractivity contribution in [2.24, 2.45) is 0 Å². The van der Waals surface area contributed by atoms with Gasteiger partial charge in [-0.25, -0.2) is 4.98 Å². The molecule has 21 heavy (non-hydrogen) atoms. The number of hydrogen-bond donors (Lipinski definition) is 0. The summed E-state index contributed by atoms with van der Waals surface area (Å²) in [6.45, 7) is 4.28. The Balaban J connectivity index is 2.28. The molecule has 0 unspecified atom stereocenters. The molecule has 0 radical (unpaired) electrons. The van der Waals surface area contributed by atoms with Gasteiger partial charge in [0.05, 0.1) is 11.0 Å². The third kappa shape index (κ3) is 2.56. The number of nitrogens with zero attached hydrogens (tertiary/aromatic N) is 2. The van der Waals surface area contributed by atoms with Crippen molar-refractivity contribution >= 4 is 22.6 Å². The predicted molar refractivity (Wildman–Crippen MR) is 89.6 cm³/mol. The molecule has 1 heterocycles. The topological polar surface area (TPSA) is 17.8 Å². The van der Waals surface area contributed by atoms with Crippen LogP contribution in [0.1, 0.15) is 23.9 Å². The average molecular weight is 299 g/mol. The molecule has 3 aromatic rings. The number of hydrogen-bond acceptors (Lipinski definition) is 1. The second-order valence-corrected chi connectivity index (χ2v) is 5.65. The highest BCUT2D eigenvalue weighted by molar-refractivity contribution is 6.17. The molecule has 1 aromatic heterocycles. The quantitative estimate of drug-likeness (QED) is 0.640. The first-order chi connectivity index (χ1) is 10.2. The van der Waals surface area contributed by atoms with E-state index in [4.69, 9.17) is 16.6 Å². The van der Waals surface area contributed by atoms with Crippen LogP contribution in [-0.4, -0.2) is 15.4 Å². The van der Waals surface area contributed by atoms with E-state index in [-0.39, 0.29) is 0 Å². The van der Waals surface area contributed by atoms with Gasteiger partial charge in [0.25, 0.3) is 0 Å². The highest BCUT2D eigenvalue weighted by atomic mass is 35.5. The Kier molecular flexibility index (Phi) is 3.98. The van der Waals surface area contributed by atoms with Gasteiger partial charge in [-0.1, -0.05) is 31.2 Å². The van der Waals surface area contributed by atoms with Crippen molar-refractivity contribution in [3.05, 3.63) is 59.4 Å². The normalized spacial score (nSPS) is 11.2. The van der Waals surface area contributed by atoms with Crippen molar-refractivity contribution < 1.29 is 0 Å². The highest BCUT2D eigenvalue weighted by Crippen LogP contribution is 2.25. The van der Waals surface area contributed by atoms with Crippen LogP contribution in [0.15, 0.2) is 42.5 Å². The Hall–Kier alpha value is -1.80. The predicted octanol–water partition coefficient (Wildman–Crippen LogP) is 4.68. The molecule has 2 nitrogen and oxygen atoms in total. The summed E-state index contributed by atoms with van der Waals surface area (Å²) in [5.41, 5.74) is 5.93.